The maximum Gasteiger partial charge on any atom is 0.491 e. The average Bonchev–Trinajstić information content (AvgIpc) is 2.59. The first-order chi connectivity index (χ1) is 9.66. The molecule has 0 bridgehead atoms. The van der Waals surface area contributed by atoms with E-state index in [2.05, 4.69) is 12.6 Å². The van der Waals surface area contributed by atoms with E-state index in [4.69, 9.17) is 15.0 Å². The van der Waals surface area contributed by atoms with Crippen molar-refractivity contribution in [3.05, 3.63) is 29.2 Å². The fourth-order valence-electron chi connectivity index (χ4n) is 2.06. The highest BCUT2D eigenvalue weighted by atomic mass is 32.1. The topological polar surface area (TPSA) is 64.7 Å². The van der Waals surface area contributed by atoms with Crippen LogP contribution in [0.2, 0.25) is 0 Å². The molecule has 0 atom stereocenters. The number of anilines is 1. The van der Waals surface area contributed by atoms with Gasteiger partial charge < -0.3 is 20.1 Å². The first-order valence-corrected chi connectivity index (χ1v) is 7.55. The van der Waals surface area contributed by atoms with E-state index in [9.17, 15) is 5.11 Å². The predicted octanol–water partition coefficient (Wildman–Crippen LogP) is 2.92. The van der Waals surface area contributed by atoms with Gasteiger partial charge in [-0.3, -0.25) is 0 Å². The molecule has 0 aromatic heterocycles. The van der Waals surface area contributed by atoms with Crippen LogP contribution in [0.3, 0.4) is 0 Å². The van der Waals surface area contributed by atoms with E-state index in [1.165, 1.54) is 0 Å². The van der Waals surface area contributed by atoms with E-state index in [0.717, 1.165) is 11.0 Å². The molecule has 4 nitrogen and oxygen atoms in total. The maximum absolute atomic E-state index is 9.47. The van der Waals surface area contributed by atoms with Crippen LogP contribution in [-0.4, -0.2) is 29.2 Å². The van der Waals surface area contributed by atoms with Crippen molar-refractivity contribution in [1.82, 2.24) is 0 Å². The minimum Gasteiger partial charge on any atom is -0.506 e. The molecule has 1 aliphatic rings. The molecule has 21 heavy (non-hydrogen) atoms. The number of rotatable bonds is 3. The smallest absolute Gasteiger partial charge is 0.491 e. The Morgan fingerprint density at radius 3 is 2.33 bits per heavy atom. The number of nitrogens with two attached hydrogens (primary N) is 1. The summed E-state index contributed by atoms with van der Waals surface area (Å²) in [6, 6.07) is 5.08. The quantitative estimate of drug-likeness (QED) is 0.348. The van der Waals surface area contributed by atoms with Gasteiger partial charge >= 0.3 is 7.12 Å². The Morgan fingerprint density at radius 2 is 1.86 bits per heavy atom. The second-order valence-corrected chi connectivity index (χ2v) is 6.60. The van der Waals surface area contributed by atoms with Gasteiger partial charge in [0.1, 0.15) is 5.75 Å². The molecule has 1 fully saturated rings. The summed E-state index contributed by atoms with van der Waals surface area (Å²) < 4.78 is 12.0. The highest BCUT2D eigenvalue weighted by molar-refractivity contribution is 7.80. The first kappa shape index (κ1) is 16.3. The molecule has 0 radical (unpaired) electrons. The third-order valence-corrected chi connectivity index (χ3v) is 4.51. The van der Waals surface area contributed by atoms with Gasteiger partial charge in [-0.05, 0) is 50.9 Å². The number of thiol groups is 1. The van der Waals surface area contributed by atoms with Crippen LogP contribution in [0, 0.1) is 0 Å². The molecular formula is C15H22BNO3S. The van der Waals surface area contributed by atoms with Crippen molar-refractivity contribution in [3.63, 3.8) is 0 Å². The number of aromatic hydroxyl groups is 1. The van der Waals surface area contributed by atoms with Gasteiger partial charge in [-0.25, -0.2) is 0 Å². The second-order valence-electron chi connectivity index (χ2n) is 6.28. The fraction of sp³-hybridized carbons (Fsp3) is 0.467. The summed E-state index contributed by atoms with van der Waals surface area (Å²) in [7, 11) is -0.428. The fourth-order valence-corrected chi connectivity index (χ4v) is 2.30. The monoisotopic (exact) mass is 307 g/mol. The van der Waals surface area contributed by atoms with Crippen LogP contribution in [-0.2, 0) is 9.31 Å². The van der Waals surface area contributed by atoms with E-state index in [-0.39, 0.29) is 17.0 Å². The summed E-state index contributed by atoms with van der Waals surface area (Å²) in [5, 5.41) is 9.47. The molecule has 1 aliphatic heterocycles. The number of benzene rings is 1. The number of hydrogen-bond donors (Lipinski definition) is 3. The molecule has 114 valence electrons. The molecule has 2 rings (SSSR count). The van der Waals surface area contributed by atoms with Gasteiger partial charge in [0.2, 0.25) is 0 Å². The molecular weight excluding hydrogens is 285 g/mol. The van der Waals surface area contributed by atoms with E-state index in [1.807, 2.05) is 33.8 Å². The van der Waals surface area contributed by atoms with Crippen molar-refractivity contribution in [2.75, 3.05) is 11.5 Å². The third kappa shape index (κ3) is 3.22. The van der Waals surface area contributed by atoms with E-state index in [1.54, 1.807) is 18.2 Å². The summed E-state index contributed by atoms with van der Waals surface area (Å²) in [6.45, 7) is 8.06. The van der Waals surface area contributed by atoms with Crippen LogP contribution in [0.4, 0.5) is 5.69 Å². The molecule has 1 heterocycles. The Labute approximate surface area is 131 Å². The van der Waals surface area contributed by atoms with Crippen molar-refractivity contribution in [3.8, 4) is 5.75 Å². The van der Waals surface area contributed by atoms with Gasteiger partial charge in [0.05, 0.1) is 16.9 Å². The zero-order valence-corrected chi connectivity index (χ0v) is 13.8. The van der Waals surface area contributed by atoms with Crippen LogP contribution in [0.25, 0.3) is 6.08 Å². The van der Waals surface area contributed by atoms with Gasteiger partial charge in [0, 0.05) is 5.75 Å². The summed E-state index contributed by atoms with van der Waals surface area (Å²) in [5.41, 5.74) is 7.10. The number of phenols is 1. The minimum absolute atomic E-state index is 0.0789. The van der Waals surface area contributed by atoms with Gasteiger partial charge in [0.15, 0.2) is 0 Å². The highest BCUT2D eigenvalue weighted by Gasteiger charge is 2.52. The third-order valence-electron chi connectivity index (χ3n) is 4.14. The molecule has 1 saturated heterocycles. The normalized spacial score (nSPS) is 20.8. The second kappa shape index (κ2) is 5.59. The van der Waals surface area contributed by atoms with Gasteiger partial charge in [-0.2, -0.15) is 12.6 Å². The summed E-state index contributed by atoms with van der Waals surface area (Å²) in [5.74, 6) is 0.590. The van der Waals surface area contributed by atoms with E-state index < -0.39 is 7.12 Å². The van der Waals surface area contributed by atoms with Crippen LogP contribution in [0.15, 0.2) is 23.7 Å². The minimum atomic E-state index is -0.428. The van der Waals surface area contributed by atoms with E-state index >= 15 is 0 Å². The lowest BCUT2D eigenvalue weighted by Crippen LogP contribution is -2.41. The number of phenolic OH excluding ortho intramolecular Hbond substituents is 1. The van der Waals surface area contributed by atoms with Crippen LogP contribution in [0.1, 0.15) is 33.3 Å². The van der Waals surface area contributed by atoms with Crippen molar-refractivity contribution in [2.24, 2.45) is 0 Å². The summed E-state index contributed by atoms with van der Waals surface area (Å²) in [4.78, 5) is 0. The van der Waals surface area contributed by atoms with Crippen molar-refractivity contribution < 1.29 is 14.4 Å². The standard InChI is InChI=1S/C15H22BNO3S/c1-14(2)15(3,4)20-16(19-14)11(9-21)7-10-5-6-13(18)12(17)8-10/h5-8,18,21H,9,17H2,1-4H3. The largest absolute Gasteiger partial charge is 0.506 e. The summed E-state index contributed by atoms with van der Waals surface area (Å²) in [6.07, 6.45) is 1.94. The molecule has 0 amide bonds. The molecule has 1 aromatic rings. The summed E-state index contributed by atoms with van der Waals surface area (Å²) >= 11 is 4.37. The number of nitrogen functional groups attached to an aromatic ring is 1. The Hall–Kier alpha value is -1.11. The number of hydrogen-bond acceptors (Lipinski definition) is 5. The lowest BCUT2D eigenvalue weighted by molar-refractivity contribution is 0.00578. The Morgan fingerprint density at radius 1 is 1.29 bits per heavy atom. The van der Waals surface area contributed by atoms with Crippen molar-refractivity contribution >= 4 is 31.5 Å². The zero-order valence-electron chi connectivity index (χ0n) is 12.9. The molecule has 6 heteroatoms. The first-order valence-electron chi connectivity index (χ1n) is 6.92. The van der Waals surface area contributed by atoms with Gasteiger partial charge in [-0.1, -0.05) is 12.1 Å². The Bertz CT molecular complexity index is 556. The maximum atomic E-state index is 9.47. The predicted molar refractivity (Wildman–Crippen MR) is 90.4 cm³/mol. The molecule has 1 aromatic carbocycles. The molecule has 0 aliphatic carbocycles. The molecule has 0 spiro atoms. The Kier molecular flexibility index (Phi) is 4.33. The molecule has 0 saturated carbocycles. The van der Waals surface area contributed by atoms with E-state index in [0.29, 0.717) is 11.4 Å². The lowest BCUT2D eigenvalue weighted by Gasteiger charge is -2.32. The zero-order chi connectivity index (χ0) is 15.8. The van der Waals surface area contributed by atoms with Crippen LogP contribution in [0.5, 0.6) is 5.75 Å². The molecule has 3 N–H and O–H groups in total. The van der Waals surface area contributed by atoms with Crippen LogP contribution < -0.4 is 5.73 Å². The Balaban J connectivity index is 2.28. The van der Waals surface area contributed by atoms with Crippen molar-refractivity contribution in [2.45, 2.75) is 38.9 Å². The average molecular weight is 307 g/mol. The lowest BCUT2D eigenvalue weighted by atomic mass is 9.78. The molecule has 0 unspecified atom stereocenters. The van der Waals surface area contributed by atoms with Gasteiger partial charge in [0.25, 0.3) is 0 Å². The van der Waals surface area contributed by atoms with Gasteiger partial charge in [-0.15, -0.1) is 0 Å². The highest BCUT2D eigenvalue weighted by Crippen LogP contribution is 2.39. The van der Waals surface area contributed by atoms with Crippen LogP contribution >= 0.6 is 12.6 Å². The SMILES string of the molecule is CC1(C)OB(C(=Cc2ccc(O)c(N)c2)CS)OC1(C)C. The van der Waals surface area contributed by atoms with Crippen molar-refractivity contribution in [1.29, 1.82) is 0 Å².